The van der Waals surface area contributed by atoms with Crippen LogP contribution in [0.3, 0.4) is 0 Å². The highest BCUT2D eigenvalue weighted by atomic mass is 32.2. The molecule has 150 valence electrons. The summed E-state index contributed by atoms with van der Waals surface area (Å²) in [4.78, 5) is 14.6. The molecule has 0 unspecified atom stereocenters. The smallest absolute Gasteiger partial charge is 0.253 e. The zero-order chi connectivity index (χ0) is 20.3. The summed E-state index contributed by atoms with van der Waals surface area (Å²) in [7, 11) is -3.88. The van der Waals surface area contributed by atoms with E-state index in [2.05, 4.69) is 0 Å². The molecule has 2 aromatic rings. The number of nitrogens with two attached hydrogens (primary N) is 1. The molecule has 6 nitrogen and oxygen atoms in total. The van der Waals surface area contributed by atoms with Gasteiger partial charge in [0.1, 0.15) is 0 Å². The summed E-state index contributed by atoms with van der Waals surface area (Å²) in [6, 6.07) is 13.1. The van der Waals surface area contributed by atoms with Crippen LogP contribution in [0.5, 0.6) is 0 Å². The van der Waals surface area contributed by atoms with Crippen molar-refractivity contribution >= 4 is 15.9 Å². The van der Waals surface area contributed by atoms with Crippen molar-refractivity contribution in [3.63, 3.8) is 0 Å². The first kappa shape index (κ1) is 20.5. The van der Waals surface area contributed by atoms with Crippen molar-refractivity contribution in [1.82, 2.24) is 4.90 Å². The minimum Gasteiger partial charge on any atom is -0.373 e. The van der Waals surface area contributed by atoms with Gasteiger partial charge in [-0.1, -0.05) is 30.3 Å². The number of aryl methyl sites for hydroxylation is 1. The van der Waals surface area contributed by atoms with Gasteiger partial charge in [0, 0.05) is 18.7 Å². The van der Waals surface area contributed by atoms with Crippen LogP contribution in [0.2, 0.25) is 0 Å². The molecule has 1 saturated heterocycles. The highest BCUT2D eigenvalue weighted by Gasteiger charge is 2.26. The summed E-state index contributed by atoms with van der Waals surface area (Å²) in [6.45, 7) is 5.20. The second-order valence-corrected chi connectivity index (χ2v) is 8.78. The lowest BCUT2D eigenvalue weighted by atomic mass is 10.0. The van der Waals surface area contributed by atoms with Crippen LogP contribution in [0.25, 0.3) is 0 Å². The lowest BCUT2D eigenvalue weighted by Gasteiger charge is -2.32. The molecule has 3 rings (SSSR count). The summed E-state index contributed by atoms with van der Waals surface area (Å²) >= 11 is 0. The lowest BCUT2D eigenvalue weighted by Crippen LogP contribution is -2.41. The molecule has 0 radical (unpaired) electrons. The Hall–Kier alpha value is -2.22. The highest BCUT2D eigenvalue weighted by Crippen LogP contribution is 2.23. The third-order valence-corrected chi connectivity index (χ3v) is 6.27. The Balaban J connectivity index is 1.63. The standard InChI is InChI=1S/C21H26N2O4S/c1-15-12-18(13-20(16(15)2)28(22,25)26)21(24)23-10-8-19(9-11-23)27-14-17-6-4-3-5-7-17/h3-7,12-13,19H,8-11,14H2,1-2H3,(H2,22,25,26). The number of piperidine rings is 1. The highest BCUT2D eigenvalue weighted by molar-refractivity contribution is 7.89. The predicted molar refractivity (Wildman–Crippen MR) is 107 cm³/mol. The SMILES string of the molecule is Cc1cc(C(=O)N2CCC(OCc3ccccc3)CC2)cc(S(N)(=O)=O)c1C. The van der Waals surface area contributed by atoms with Gasteiger partial charge in [-0.05, 0) is 55.5 Å². The molecule has 0 atom stereocenters. The molecule has 1 aliphatic heterocycles. The van der Waals surface area contributed by atoms with E-state index in [9.17, 15) is 13.2 Å². The largest absolute Gasteiger partial charge is 0.373 e. The van der Waals surface area contributed by atoms with Gasteiger partial charge < -0.3 is 9.64 Å². The van der Waals surface area contributed by atoms with Crippen molar-refractivity contribution < 1.29 is 17.9 Å². The van der Waals surface area contributed by atoms with Crippen molar-refractivity contribution in [1.29, 1.82) is 0 Å². The molecule has 2 aromatic carbocycles. The van der Waals surface area contributed by atoms with E-state index in [1.54, 1.807) is 24.8 Å². The Morgan fingerprint density at radius 1 is 1.14 bits per heavy atom. The van der Waals surface area contributed by atoms with Crippen molar-refractivity contribution in [3.05, 3.63) is 64.7 Å². The Morgan fingerprint density at radius 2 is 1.79 bits per heavy atom. The molecule has 1 aliphatic rings. The third kappa shape index (κ3) is 4.79. The number of nitrogens with zero attached hydrogens (tertiary/aromatic N) is 1. The van der Waals surface area contributed by atoms with Crippen LogP contribution in [-0.4, -0.2) is 38.4 Å². The summed E-state index contributed by atoms with van der Waals surface area (Å²) in [5.74, 6) is -0.172. The van der Waals surface area contributed by atoms with E-state index in [0.717, 1.165) is 24.0 Å². The first-order chi connectivity index (χ1) is 13.3. The van der Waals surface area contributed by atoms with Gasteiger partial charge in [-0.2, -0.15) is 0 Å². The number of benzene rings is 2. The van der Waals surface area contributed by atoms with Crippen LogP contribution in [0.4, 0.5) is 0 Å². The number of amides is 1. The first-order valence-electron chi connectivity index (χ1n) is 9.34. The normalized spacial score (nSPS) is 15.6. The molecular weight excluding hydrogens is 376 g/mol. The zero-order valence-corrected chi connectivity index (χ0v) is 17.0. The molecular formula is C21H26N2O4S. The maximum Gasteiger partial charge on any atom is 0.253 e. The third-order valence-electron chi connectivity index (χ3n) is 5.23. The van der Waals surface area contributed by atoms with Gasteiger partial charge in [0.25, 0.3) is 5.91 Å². The van der Waals surface area contributed by atoms with Crippen molar-refractivity contribution in [2.24, 2.45) is 5.14 Å². The lowest BCUT2D eigenvalue weighted by molar-refractivity contribution is -0.000387. The number of ether oxygens (including phenoxy) is 1. The van der Waals surface area contributed by atoms with Crippen molar-refractivity contribution in [2.45, 2.75) is 44.3 Å². The Morgan fingerprint density at radius 3 is 2.39 bits per heavy atom. The van der Waals surface area contributed by atoms with E-state index in [1.165, 1.54) is 6.07 Å². The fraction of sp³-hybridized carbons (Fsp3) is 0.381. The van der Waals surface area contributed by atoms with Crippen LogP contribution >= 0.6 is 0 Å². The average molecular weight is 403 g/mol. The number of carbonyl (C=O) groups excluding carboxylic acids is 1. The molecule has 0 bridgehead atoms. The maximum absolute atomic E-state index is 12.9. The second kappa shape index (κ2) is 8.43. The van der Waals surface area contributed by atoms with Gasteiger partial charge in [0.2, 0.25) is 10.0 Å². The van der Waals surface area contributed by atoms with E-state index >= 15 is 0 Å². The molecule has 1 amide bonds. The van der Waals surface area contributed by atoms with Gasteiger partial charge in [0.15, 0.2) is 0 Å². The quantitative estimate of drug-likeness (QED) is 0.833. The van der Waals surface area contributed by atoms with Crippen LogP contribution in [0.1, 0.15) is 39.9 Å². The minimum atomic E-state index is -3.88. The fourth-order valence-electron chi connectivity index (χ4n) is 3.44. The molecule has 1 heterocycles. The van der Waals surface area contributed by atoms with Crippen LogP contribution < -0.4 is 5.14 Å². The van der Waals surface area contributed by atoms with Gasteiger partial charge in [0.05, 0.1) is 17.6 Å². The Bertz CT molecular complexity index is 950. The number of hydrogen-bond acceptors (Lipinski definition) is 4. The maximum atomic E-state index is 12.9. The van der Waals surface area contributed by atoms with Gasteiger partial charge >= 0.3 is 0 Å². The molecule has 2 N–H and O–H groups in total. The first-order valence-corrected chi connectivity index (χ1v) is 10.9. The molecule has 0 saturated carbocycles. The predicted octanol–water partition coefficient (Wildman–Crippen LogP) is 2.77. The number of hydrogen-bond donors (Lipinski definition) is 1. The molecule has 0 aromatic heterocycles. The number of primary sulfonamides is 1. The van der Waals surface area contributed by atoms with Gasteiger partial charge in [-0.15, -0.1) is 0 Å². The summed E-state index contributed by atoms with van der Waals surface area (Å²) < 4.78 is 29.6. The van der Waals surface area contributed by atoms with Crippen LogP contribution in [0, 0.1) is 13.8 Å². The van der Waals surface area contributed by atoms with E-state index < -0.39 is 10.0 Å². The van der Waals surface area contributed by atoms with E-state index in [-0.39, 0.29) is 16.9 Å². The van der Waals surface area contributed by atoms with Gasteiger partial charge in [-0.25, -0.2) is 13.6 Å². The van der Waals surface area contributed by atoms with Crippen LogP contribution in [-0.2, 0) is 21.4 Å². The summed E-state index contributed by atoms with van der Waals surface area (Å²) in [5, 5.41) is 5.30. The van der Waals surface area contributed by atoms with Crippen molar-refractivity contribution in [2.75, 3.05) is 13.1 Å². The molecule has 0 aliphatic carbocycles. The number of carbonyl (C=O) groups is 1. The van der Waals surface area contributed by atoms with Crippen molar-refractivity contribution in [3.8, 4) is 0 Å². The average Bonchev–Trinajstić information content (AvgIpc) is 2.68. The second-order valence-electron chi connectivity index (χ2n) is 7.25. The topological polar surface area (TPSA) is 89.7 Å². The number of likely N-dealkylation sites (tertiary alicyclic amines) is 1. The fourth-order valence-corrected chi connectivity index (χ4v) is 4.32. The summed E-state index contributed by atoms with van der Waals surface area (Å²) in [5.41, 5.74) is 2.80. The molecule has 0 spiro atoms. The zero-order valence-electron chi connectivity index (χ0n) is 16.2. The Labute approximate surface area is 166 Å². The number of rotatable bonds is 5. The van der Waals surface area contributed by atoms with E-state index in [1.807, 2.05) is 30.3 Å². The van der Waals surface area contributed by atoms with E-state index in [0.29, 0.717) is 30.8 Å². The molecule has 7 heteroatoms. The monoisotopic (exact) mass is 402 g/mol. The van der Waals surface area contributed by atoms with Gasteiger partial charge in [-0.3, -0.25) is 4.79 Å². The Kier molecular flexibility index (Phi) is 6.17. The molecule has 1 fully saturated rings. The summed E-state index contributed by atoms with van der Waals surface area (Å²) in [6.07, 6.45) is 1.63. The van der Waals surface area contributed by atoms with E-state index in [4.69, 9.17) is 9.88 Å². The van der Waals surface area contributed by atoms with Crippen LogP contribution in [0.15, 0.2) is 47.4 Å². The number of sulfonamides is 1. The minimum absolute atomic E-state index is 0.0110. The molecule has 28 heavy (non-hydrogen) atoms.